The van der Waals surface area contributed by atoms with E-state index < -0.39 is 0 Å². The number of nitrogens with two attached hydrogens (primary N) is 1. The molecule has 0 heterocycles. The SMILES string of the molecule is CCN(CC(N)c1ccc(C)c(C)c1)C1CCCCC1. The normalized spacial score (nSPS) is 18.4. The average molecular weight is 274 g/mol. The zero-order valence-corrected chi connectivity index (χ0v) is 13.4. The molecule has 1 aromatic carbocycles. The van der Waals surface area contributed by atoms with Crippen molar-refractivity contribution in [2.24, 2.45) is 5.73 Å². The second kappa shape index (κ2) is 7.24. The highest BCUT2D eigenvalue weighted by Gasteiger charge is 2.22. The van der Waals surface area contributed by atoms with Crippen LogP contribution < -0.4 is 5.73 Å². The molecule has 1 fully saturated rings. The molecule has 0 aliphatic heterocycles. The molecular weight excluding hydrogens is 244 g/mol. The van der Waals surface area contributed by atoms with Crippen molar-refractivity contribution in [2.75, 3.05) is 13.1 Å². The van der Waals surface area contributed by atoms with Crippen molar-refractivity contribution in [3.8, 4) is 0 Å². The lowest BCUT2D eigenvalue weighted by Crippen LogP contribution is -2.41. The van der Waals surface area contributed by atoms with Gasteiger partial charge in [-0.1, -0.05) is 44.4 Å². The van der Waals surface area contributed by atoms with E-state index in [1.165, 1.54) is 48.8 Å². The van der Waals surface area contributed by atoms with Gasteiger partial charge in [-0.05, 0) is 49.9 Å². The van der Waals surface area contributed by atoms with Crippen molar-refractivity contribution in [3.05, 3.63) is 34.9 Å². The molecule has 0 saturated heterocycles. The van der Waals surface area contributed by atoms with Crippen LogP contribution in [0.3, 0.4) is 0 Å². The van der Waals surface area contributed by atoms with Crippen molar-refractivity contribution in [2.45, 2.75) is 65.0 Å². The van der Waals surface area contributed by atoms with E-state index in [4.69, 9.17) is 5.73 Å². The zero-order chi connectivity index (χ0) is 14.5. The molecule has 1 aliphatic rings. The van der Waals surface area contributed by atoms with Crippen molar-refractivity contribution in [3.63, 3.8) is 0 Å². The molecular formula is C18H30N2. The number of benzene rings is 1. The van der Waals surface area contributed by atoms with Gasteiger partial charge in [-0.15, -0.1) is 0 Å². The van der Waals surface area contributed by atoms with Crippen LogP contribution in [0.25, 0.3) is 0 Å². The van der Waals surface area contributed by atoms with Crippen LogP contribution in [0.4, 0.5) is 0 Å². The smallest absolute Gasteiger partial charge is 0.0424 e. The number of rotatable bonds is 5. The van der Waals surface area contributed by atoms with Crippen LogP contribution in [-0.4, -0.2) is 24.0 Å². The van der Waals surface area contributed by atoms with Gasteiger partial charge in [0.1, 0.15) is 0 Å². The third kappa shape index (κ3) is 3.83. The molecule has 20 heavy (non-hydrogen) atoms. The summed E-state index contributed by atoms with van der Waals surface area (Å²) < 4.78 is 0. The molecule has 0 aromatic heterocycles. The Hall–Kier alpha value is -0.860. The summed E-state index contributed by atoms with van der Waals surface area (Å²) in [5, 5.41) is 0. The fraction of sp³-hybridized carbons (Fsp3) is 0.667. The third-order valence-electron chi connectivity index (χ3n) is 4.89. The molecule has 2 N–H and O–H groups in total. The standard InChI is InChI=1S/C18H30N2/c1-4-20(17-8-6-5-7-9-17)13-18(19)16-11-10-14(2)15(3)12-16/h10-12,17-18H,4-9,13,19H2,1-3H3. The molecule has 0 bridgehead atoms. The van der Waals surface area contributed by atoms with Crippen LogP contribution in [-0.2, 0) is 0 Å². The second-order valence-corrected chi connectivity index (χ2v) is 6.33. The van der Waals surface area contributed by atoms with E-state index in [1.807, 2.05) is 0 Å². The van der Waals surface area contributed by atoms with Crippen LogP contribution >= 0.6 is 0 Å². The van der Waals surface area contributed by atoms with Crippen LogP contribution in [0.15, 0.2) is 18.2 Å². The minimum absolute atomic E-state index is 0.135. The van der Waals surface area contributed by atoms with Gasteiger partial charge >= 0.3 is 0 Å². The Labute approximate surface area is 124 Å². The van der Waals surface area contributed by atoms with Gasteiger partial charge in [0.15, 0.2) is 0 Å². The summed E-state index contributed by atoms with van der Waals surface area (Å²) in [7, 11) is 0. The number of nitrogens with zero attached hydrogens (tertiary/aromatic N) is 1. The predicted octanol–water partition coefficient (Wildman–Crippen LogP) is 3.96. The largest absolute Gasteiger partial charge is 0.323 e. The molecule has 1 atom stereocenters. The topological polar surface area (TPSA) is 29.3 Å². The average Bonchev–Trinajstić information content (AvgIpc) is 2.48. The molecule has 1 unspecified atom stereocenters. The van der Waals surface area contributed by atoms with Crippen LogP contribution in [0.2, 0.25) is 0 Å². The van der Waals surface area contributed by atoms with Crippen molar-refractivity contribution in [1.82, 2.24) is 4.90 Å². The maximum absolute atomic E-state index is 6.46. The first-order chi connectivity index (χ1) is 9.61. The highest BCUT2D eigenvalue weighted by Crippen LogP contribution is 2.24. The van der Waals surface area contributed by atoms with E-state index >= 15 is 0 Å². The molecule has 0 amide bonds. The first-order valence-corrected chi connectivity index (χ1v) is 8.18. The Balaban J connectivity index is 2.00. The summed E-state index contributed by atoms with van der Waals surface area (Å²) in [6, 6.07) is 7.54. The van der Waals surface area contributed by atoms with E-state index in [0.717, 1.165) is 19.1 Å². The van der Waals surface area contributed by atoms with Crippen molar-refractivity contribution < 1.29 is 0 Å². The molecule has 2 heteroatoms. The Morgan fingerprint density at radius 1 is 1.15 bits per heavy atom. The lowest BCUT2D eigenvalue weighted by atomic mass is 9.93. The lowest BCUT2D eigenvalue weighted by Gasteiger charge is -2.35. The van der Waals surface area contributed by atoms with Crippen LogP contribution in [0.5, 0.6) is 0 Å². The third-order valence-corrected chi connectivity index (χ3v) is 4.89. The van der Waals surface area contributed by atoms with Gasteiger partial charge in [-0.25, -0.2) is 0 Å². The minimum atomic E-state index is 0.135. The van der Waals surface area contributed by atoms with Gasteiger partial charge in [0.05, 0.1) is 0 Å². The Bertz CT molecular complexity index is 421. The Morgan fingerprint density at radius 2 is 1.85 bits per heavy atom. The minimum Gasteiger partial charge on any atom is -0.323 e. The molecule has 1 saturated carbocycles. The zero-order valence-electron chi connectivity index (χ0n) is 13.4. The molecule has 2 nitrogen and oxygen atoms in total. The number of hydrogen-bond donors (Lipinski definition) is 1. The van der Waals surface area contributed by atoms with E-state index in [2.05, 4.69) is 43.9 Å². The first-order valence-electron chi connectivity index (χ1n) is 8.18. The van der Waals surface area contributed by atoms with Gasteiger partial charge in [-0.2, -0.15) is 0 Å². The molecule has 1 aromatic rings. The first kappa shape index (κ1) is 15.5. The van der Waals surface area contributed by atoms with Crippen LogP contribution in [0, 0.1) is 13.8 Å². The van der Waals surface area contributed by atoms with Gasteiger partial charge in [0.25, 0.3) is 0 Å². The van der Waals surface area contributed by atoms with E-state index in [9.17, 15) is 0 Å². The fourth-order valence-electron chi connectivity index (χ4n) is 3.34. The lowest BCUT2D eigenvalue weighted by molar-refractivity contribution is 0.155. The summed E-state index contributed by atoms with van der Waals surface area (Å²) in [5.41, 5.74) is 10.4. The summed E-state index contributed by atoms with van der Waals surface area (Å²) in [6.07, 6.45) is 6.90. The quantitative estimate of drug-likeness (QED) is 0.880. The Morgan fingerprint density at radius 3 is 2.45 bits per heavy atom. The fourth-order valence-corrected chi connectivity index (χ4v) is 3.34. The van der Waals surface area contributed by atoms with E-state index in [1.54, 1.807) is 0 Å². The summed E-state index contributed by atoms with van der Waals surface area (Å²) in [6.45, 7) is 8.70. The molecule has 1 aliphatic carbocycles. The maximum Gasteiger partial charge on any atom is 0.0424 e. The summed E-state index contributed by atoms with van der Waals surface area (Å²) >= 11 is 0. The predicted molar refractivity (Wildman–Crippen MR) is 87.0 cm³/mol. The van der Waals surface area contributed by atoms with Gasteiger partial charge in [0, 0.05) is 18.6 Å². The van der Waals surface area contributed by atoms with Crippen LogP contribution in [0.1, 0.15) is 61.8 Å². The van der Waals surface area contributed by atoms with Gasteiger partial charge in [0.2, 0.25) is 0 Å². The Kier molecular flexibility index (Phi) is 5.62. The molecule has 112 valence electrons. The van der Waals surface area contributed by atoms with Gasteiger partial charge < -0.3 is 5.73 Å². The maximum atomic E-state index is 6.46. The van der Waals surface area contributed by atoms with Crippen molar-refractivity contribution in [1.29, 1.82) is 0 Å². The molecule has 2 rings (SSSR count). The monoisotopic (exact) mass is 274 g/mol. The highest BCUT2D eigenvalue weighted by atomic mass is 15.2. The number of likely N-dealkylation sites (N-methyl/N-ethyl adjacent to an activating group) is 1. The second-order valence-electron chi connectivity index (χ2n) is 6.33. The highest BCUT2D eigenvalue weighted by molar-refractivity contribution is 5.31. The summed E-state index contributed by atoms with van der Waals surface area (Å²) in [5.74, 6) is 0. The van der Waals surface area contributed by atoms with Gasteiger partial charge in [-0.3, -0.25) is 4.90 Å². The summed E-state index contributed by atoms with van der Waals surface area (Å²) in [4.78, 5) is 2.60. The van der Waals surface area contributed by atoms with E-state index in [-0.39, 0.29) is 6.04 Å². The number of hydrogen-bond acceptors (Lipinski definition) is 2. The van der Waals surface area contributed by atoms with Crippen molar-refractivity contribution >= 4 is 0 Å². The number of aryl methyl sites for hydroxylation is 2. The molecule has 0 radical (unpaired) electrons. The molecule has 0 spiro atoms. The van der Waals surface area contributed by atoms with E-state index in [0.29, 0.717) is 0 Å².